The van der Waals surface area contributed by atoms with Gasteiger partial charge in [-0.3, -0.25) is 0 Å². The molecule has 1 fully saturated rings. The molecule has 1 saturated heterocycles. The summed E-state index contributed by atoms with van der Waals surface area (Å²) < 4.78 is 0. The van der Waals surface area contributed by atoms with Gasteiger partial charge in [-0.1, -0.05) is 12.8 Å². The van der Waals surface area contributed by atoms with Crippen LogP contribution < -0.4 is 5.32 Å². The largest absolute Gasteiger partial charge is 0.480 e. The lowest BCUT2D eigenvalue weighted by Crippen LogP contribution is -2.55. The molecule has 1 heterocycles. The maximum atomic E-state index is 11.8. The molecule has 2 atom stereocenters. The fourth-order valence-corrected chi connectivity index (χ4v) is 2.10. The number of hydrogen-bond donors (Lipinski definition) is 2. The van der Waals surface area contributed by atoms with E-state index in [0.29, 0.717) is 6.54 Å². The van der Waals surface area contributed by atoms with Crippen LogP contribution in [-0.4, -0.2) is 41.1 Å². The highest BCUT2D eigenvalue weighted by molar-refractivity contribution is 5.83. The van der Waals surface area contributed by atoms with E-state index in [4.69, 9.17) is 5.11 Å². The van der Waals surface area contributed by atoms with Crippen molar-refractivity contribution in [3.8, 4) is 11.8 Å². The minimum absolute atomic E-state index is 0.00995. The number of carbonyl (C=O) groups excluding carboxylic acids is 1. The molecule has 1 aliphatic heterocycles. The summed E-state index contributed by atoms with van der Waals surface area (Å²) in [4.78, 5) is 24.4. The normalized spacial score (nSPS) is 23.5. The Morgan fingerprint density at radius 3 is 2.82 bits per heavy atom. The molecular formula is C12H18N2O3. The van der Waals surface area contributed by atoms with Crippen molar-refractivity contribution in [2.75, 3.05) is 13.1 Å². The fraction of sp³-hybridized carbons (Fsp3) is 0.667. The van der Waals surface area contributed by atoms with Gasteiger partial charge in [0.2, 0.25) is 0 Å². The van der Waals surface area contributed by atoms with Crippen molar-refractivity contribution in [1.29, 1.82) is 0 Å². The van der Waals surface area contributed by atoms with E-state index in [1.165, 1.54) is 4.90 Å². The van der Waals surface area contributed by atoms with Gasteiger partial charge in [0.25, 0.3) is 0 Å². The molecule has 2 N–H and O–H groups in total. The van der Waals surface area contributed by atoms with E-state index in [0.717, 1.165) is 12.8 Å². The average molecular weight is 238 g/mol. The lowest BCUT2D eigenvalue weighted by atomic mass is 9.91. The predicted octanol–water partition coefficient (Wildman–Crippen LogP) is 0.904. The van der Waals surface area contributed by atoms with Crippen molar-refractivity contribution in [3.05, 3.63) is 0 Å². The number of aliphatic carboxylic acids is 1. The highest BCUT2D eigenvalue weighted by atomic mass is 16.4. The van der Waals surface area contributed by atoms with Gasteiger partial charge in [0.1, 0.15) is 6.04 Å². The Balaban J connectivity index is 2.67. The van der Waals surface area contributed by atoms with Gasteiger partial charge in [0, 0.05) is 6.54 Å². The second kappa shape index (κ2) is 6.14. The zero-order valence-corrected chi connectivity index (χ0v) is 10.2. The quantitative estimate of drug-likeness (QED) is 0.702. The van der Waals surface area contributed by atoms with Crippen molar-refractivity contribution in [3.63, 3.8) is 0 Å². The van der Waals surface area contributed by atoms with Crippen LogP contribution in [0.1, 0.15) is 26.7 Å². The Kier molecular flexibility index (Phi) is 4.83. The lowest BCUT2D eigenvalue weighted by molar-refractivity contribution is -0.145. The van der Waals surface area contributed by atoms with E-state index in [1.54, 1.807) is 6.92 Å². The summed E-state index contributed by atoms with van der Waals surface area (Å²) in [5.74, 6) is 4.44. The van der Waals surface area contributed by atoms with Gasteiger partial charge in [0.15, 0.2) is 0 Å². The minimum Gasteiger partial charge on any atom is -0.480 e. The van der Waals surface area contributed by atoms with Crippen LogP contribution in [0.3, 0.4) is 0 Å². The maximum Gasteiger partial charge on any atom is 0.326 e. The van der Waals surface area contributed by atoms with E-state index in [-0.39, 0.29) is 18.5 Å². The first-order chi connectivity index (χ1) is 8.07. The van der Waals surface area contributed by atoms with Crippen molar-refractivity contribution in [2.45, 2.75) is 32.7 Å². The number of nitrogens with zero attached hydrogens (tertiary/aromatic N) is 1. The van der Waals surface area contributed by atoms with Gasteiger partial charge in [-0.05, 0) is 25.7 Å². The second-order valence-electron chi connectivity index (χ2n) is 4.18. The highest BCUT2D eigenvalue weighted by Gasteiger charge is 2.36. The molecule has 0 spiro atoms. The summed E-state index contributed by atoms with van der Waals surface area (Å²) in [6.07, 6.45) is 1.69. The molecule has 0 aromatic rings. The first-order valence-electron chi connectivity index (χ1n) is 5.74. The van der Waals surface area contributed by atoms with Crippen molar-refractivity contribution in [1.82, 2.24) is 10.2 Å². The highest BCUT2D eigenvalue weighted by Crippen LogP contribution is 2.23. The molecule has 0 aliphatic carbocycles. The molecule has 2 unspecified atom stereocenters. The van der Waals surface area contributed by atoms with Crippen LogP contribution in [0, 0.1) is 17.8 Å². The third-order valence-corrected chi connectivity index (χ3v) is 2.95. The zero-order chi connectivity index (χ0) is 12.8. The van der Waals surface area contributed by atoms with E-state index in [2.05, 4.69) is 17.2 Å². The lowest BCUT2D eigenvalue weighted by Gasteiger charge is -2.36. The van der Waals surface area contributed by atoms with Crippen molar-refractivity contribution in [2.24, 2.45) is 5.92 Å². The summed E-state index contributed by atoms with van der Waals surface area (Å²) in [6, 6.07) is -1.06. The summed E-state index contributed by atoms with van der Waals surface area (Å²) in [7, 11) is 0. The molecule has 5 nitrogen and oxygen atoms in total. The SMILES string of the molecule is CC#CCNC(=O)N1CCCC(C)C1C(=O)O. The number of carboxylic acid groups (broad SMARTS) is 1. The van der Waals surface area contributed by atoms with Crippen LogP contribution in [0.25, 0.3) is 0 Å². The number of urea groups is 1. The number of nitrogens with one attached hydrogen (secondary N) is 1. The number of carboxylic acids is 1. The Labute approximate surface area is 101 Å². The Hall–Kier alpha value is -1.70. The van der Waals surface area contributed by atoms with E-state index in [9.17, 15) is 9.59 Å². The smallest absolute Gasteiger partial charge is 0.326 e. The first-order valence-corrected chi connectivity index (χ1v) is 5.74. The molecule has 0 aromatic carbocycles. The summed E-state index contributed by atoms with van der Waals surface area (Å²) >= 11 is 0. The van der Waals surface area contributed by atoms with Gasteiger partial charge in [0.05, 0.1) is 6.54 Å². The molecule has 94 valence electrons. The number of piperidine rings is 1. The molecule has 5 heteroatoms. The monoisotopic (exact) mass is 238 g/mol. The van der Waals surface area contributed by atoms with Gasteiger partial charge in [-0.2, -0.15) is 0 Å². The third kappa shape index (κ3) is 3.38. The number of rotatable bonds is 2. The molecule has 0 radical (unpaired) electrons. The van der Waals surface area contributed by atoms with Crippen molar-refractivity contribution < 1.29 is 14.7 Å². The Morgan fingerprint density at radius 2 is 2.24 bits per heavy atom. The summed E-state index contributed by atoms with van der Waals surface area (Å²) in [5, 5.41) is 11.8. The Morgan fingerprint density at radius 1 is 1.53 bits per heavy atom. The zero-order valence-electron chi connectivity index (χ0n) is 10.2. The van der Waals surface area contributed by atoms with Gasteiger partial charge in [-0.15, -0.1) is 5.92 Å². The fourth-order valence-electron chi connectivity index (χ4n) is 2.10. The molecule has 2 amide bonds. The number of hydrogen-bond acceptors (Lipinski definition) is 2. The molecular weight excluding hydrogens is 220 g/mol. The van der Waals surface area contributed by atoms with Crippen molar-refractivity contribution >= 4 is 12.0 Å². The third-order valence-electron chi connectivity index (χ3n) is 2.95. The van der Waals surface area contributed by atoms with Crippen LogP contribution in [-0.2, 0) is 4.79 Å². The van der Waals surface area contributed by atoms with Crippen LogP contribution in [0.2, 0.25) is 0 Å². The van der Waals surface area contributed by atoms with E-state index in [1.807, 2.05) is 6.92 Å². The van der Waals surface area contributed by atoms with Crippen LogP contribution in [0.15, 0.2) is 0 Å². The Bertz CT molecular complexity index is 356. The average Bonchev–Trinajstić information content (AvgIpc) is 2.28. The minimum atomic E-state index is -0.936. The van der Waals surface area contributed by atoms with Crippen LogP contribution >= 0.6 is 0 Å². The number of likely N-dealkylation sites (tertiary alicyclic amines) is 1. The number of carbonyl (C=O) groups is 2. The van der Waals surface area contributed by atoms with Gasteiger partial charge >= 0.3 is 12.0 Å². The van der Waals surface area contributed by atoms with Crippen LogP contribution in [0.5, 0.6) is 0 Å². The molecule has 17 heavy (non-hydrogen) atoms. The molecule has 0 saturated carbocycles. The van der Waals surface area contributed by atoms with Gasteiger partial charge in [-0.25, -0.2) is 9.59 Å². The predicted molar refractivity (Wildman–Crippen MR) is 63.4 cm³/mol. The topological polar surface area (TPSA) is 69.6 Å². The summed E-state index contributed by atoms with van der Waals surface area (Å²) in [6.45, 7) is 4.30. The van der Waals surface area contributed by atoms with Crippen LogP contribution in [0.4, 0.5) is 4.79 Å². The molecule has 1 rings (SSSR count). The van der Waals surface area contributed by atoms with Gasteiger partial charge < -0.3 is 15.3 Å². The summed E-state index contributed by atoms with van der Waals surface area (Å²) in [5.41, 5.74) is 0. The number of amides is 2. The molecule has 0 aromatic heterocycles. The molecule has 0 bridgehead atoms. The maximum absolute atomic E-state index is 11.8. The molecule has 1 aliphatic rings. The van der Waals surface area contributed by atoms with E-state index < -0.39 is 12.0 Å². The first kappa shape index (κ1) is 13.4. The second-order valence-corrected chi connectivity index (χ2v) is 4.18. The van der Waals surface area contributed by atoms with E-state index >= 15 is 0 Å². The standard InChI is InChI=1S/C12H18N2O3/c1-3-4-7-13-12(17)14-8-5-6-9(2)10(14)11(15)16/h9-10H,5-8H2,1-2H3,(H,13,17)(H,15,16).